The highest BCUT2D eigenvalue weighted by Gasteiger charge is 2.16. The lowest BCUT2D eigenvalue weighted by Gasteiger charge is -2.10. The van der Waals surface area contributed by atoms with Crippen LogP contribution in [0.4, 0.5) is 5.13 Å². The number of rotatable bonds is 3. The number of carboxylic acid groups (broad SMARTS) is 1. The summed E-state index contributed by atoms with van der Waals surface area (Å²) in [7, 11) is 3.82. The van der Waals surface area contributed by atoms with Gasteiger partial charge in [-0.25, -0.2) is 9.59 Å². The van der Waals surface area contributed by atoms with Crippen LogP contribution in [0.1, 0.15) is 10.4 Å². The number of aromatic carboxylic acids is 1. The molecule has 8 heteroatoms. The van der Waals surface area contributed by atoms with E-state index >= 15 is 0 Å². The third-order valence-electron chi connectivity index (χ3n) is 2.33. The minimum atomic E-state index is -1.29. The quantitative estimate of drug-likeness (QED) is 0.772. The fourth-order valence-corrected chi connectivity index (χ4v) is 2.21. The van der Waals surface area contributed by atoms with E-state index < -0.39 is 11.6 Å². The molecule has 0 fully saturated rings. The molecule has 0 aliphatic heterocycles. The second-order valence-electron chi connectivity index (χ2n) is 3.43. The summed E-state index contributed by atoms with van der Waals surface area (Å²) in [5.41, 5.74) is -1.06. The number of anilines is 1. The third kappa shape index (κ3) is 2.03. The van der Waals surface area contributed by atoms with Crippen molar-refractivity contribution in [1.82, 2.24) is 4.98 Å². The van der Waals surface area contributed by atoms with Crippen molar-refractivity contribution in [2.75, 3.05) is 18.4 Å². The van der Waals surface area contributed by atoms with Crippen LogP contribution in [-0.2, 0) is 0 Å². The number of carboxylic acids is 1. The van der Waals surface area contributed by atoms with Crippen molar-refractivity contribution < 1.29 is 14.3 Å². The molecule has 88 valence electrons. The van der Waals surface area contributed by atoms with Crippen molar-refractivity contribution in [3.05, 3.63) is 22.0 Å². The summed E-state index contributed by atoms with van der Waals surface area (Å²) < 4.78 is 5.42. The van der Waals surface area contributed by atoms with E-state index in [0.29, 0.717) is 9.83 Å². The molecule has 0 unspecified atom stereocenters. The summed E-state index contributed by atoms with van der Waals surface area (Å²) in [6.45, 7) is 0. The zero-order chi connectivity index (χ0) is 12.6. The maximum absolute atomic E-state index is 11.3. The van der Waals surface area contributed by atoms with E-state index in [1.807, 2.05) is 19.8 Å². The number of aromatic nitrogens is 1. The molecule has 0 bridgehead atoms. The van der Waals surface area contributed by atoms with Gasteiger partial charge in [-0.05, 0) is 12.5 Å². The van der Waals surface area contributed by atoms with Gasteiger partial charge in [0.2, 0.25) is 5.71 Å². The van der Waals surface area contributed by atoms with Crippen LogP contribution < -0.4 is 10.5 Å². The van der Waals surface area contributed by atoms with E-state index in [9.17, 15) is 9.59 Å². The van der Waals surface area contributed by atoms with Gasteiger partial charge in [0.05, 0.1) is 4.70 Å². The van der Waals surface area contributed by atoms with E-state index in [-0.39, 0.29) is 11.3 Å². The first-order valence-electron chi connectivity index (χ1n) is 4.92. The lowest BCUT2D eigenvalue weighted by molar-refractivity contribution is 0.0692. The lowest BCUT2D eigenvalue weighted by atomic mass is 10.1. The Bertz CT molecular complexity index is 635. The molecule has 0 amide bonds. The van der Waals surface area contributed by atoms with Gasteiger partial charge in [-0.3, -0.25) is 0 Å². The van der Waals surface area contributed by atoms with E-state index in [4.69, 9.17) is 9.52 Å². The molecular formula is C9H9BN2O4S. The lowest BCUT2D eigenvalue weighted by Crippen LogP contribution is -2.17. The Balaban J connectivity index is 2.62. The predicted molar refractivity (Wildman–Crippen MR) is 66.9 cm³/mol. The molecule has 0 radical (unpaired) electrons. The van der Waals surface area contributed by atoms with E-state index in [0.717, 1.165) is 6.44 Å². The summed E-state index contributed by atoms with van der Waals surface area (Å²) in [6.07, 6.45) is 0.760. The molecule has 0 saturated carbocycles. The van der Waals surface area contributed by atoms with Gasteiger partial charge < -0.3 is 14.4 Å². The van der Waals surface area contributed by atoms with Gasteiger partial charge >= 0.3 is 11.6 Å². The van der Waals surface area contributed by atoms with Gasteiger partial charge in [-0.2, -0.15) is 4.98 Å². The summed E-state index contributed by atoms with van der Waals surface area (Å²) in [6, 6.07) is 1.30. The van der Waals surface area contributed by atoms with Gasteiger partial charge in [-0.15, -0.1) is 0 Å². The molecule has 17 heavy (non-hydrogen) atoms. The van der Waals surface area contributed by atoms with Crippen LogP contribution in [0.3, 0.4) is 0 Å². The maximum atomic E-state index is 11.3. The Morgan fingerprint density at radius 3 is 3.00 bits per heavy atom. The highest BCUT2D eigenvalue weighted by atomic mass is 32.1. The molecule has 2 rings (SSSR count). The molecule has 2 heterocycles. The summed E-state index contributed by atoms with van der Waals surface area (Å²) in [5, 5.41) is 9.49. The first-order valence-corrected chi connectivity index (χ1v) is 5.73. The Hall–Kier alpha value is -1.83. The smallest absolute Gasteiger partial charge is 0.352 e. The monoisotopic (exact) mass is 252 g/mol. The topological polar surface area (TPSA) is 83.6 Å². The number of hydrogen-bond acceptors (Lipinski definition) is 6. The van der Waals surface area contributed by atoms with E-state index in [2.05, 4.69) is 4.98 Å². The van der Waals surface area contributed by atoms with Crippen LogP contribution in [0, 0.1) is 0 Å². The Morgan fingerprint density at radius 1 is 1.71 bits per heavy atom. The number of thiazole rings is 1. The molecule has 1 N–H and O–H groups in total. The average Bonchev–Trinajstić information content (AvgIpc) is 2.69. The number of fused-ring (bicyclic) bond motifs is 1. The fraction of sp³-hybridized carbons (Fsp3) is 0.222. The van der Waals surface area contributed by atoms with Crippen LogP contribution in [0.15, 0.2) is 15.3 Å². The summed E-state index contributed by atoms with van der Waals surface area (Å²) >= 11 is 1.29. The number of hydrogen-bond donors (Lipinski definition) is 1. The SMILES string of the molecule is BCN(C)c1nc2oc(=O)c(C(=O)O)cc2s1. The first-order chi connectivity index (χ1) is 8.02. The van der Waals surface area contributed by atoms with Crippen molar-refractivity contribution in [2.24, 2.45) is 0 Å². The van der Waals surface area contributed by atoms with Crippen LogP contribution >= 0.6 is 11.3 Å². The molecule has 0 aliphatic carbocycles. The Kier molecular flexibility index (Phi) is 2.89. The molecule has 2 aromatic heterocycles. The summed E-state index contributed by atoms with van der Waals surface area (Å²) in [4.78, 5) is 28.1. The van der Waals surface area contributed by atoms with Crippen molar-refractivity contribution in [3.63, 3.8) is 0 Å². The normalized spacial score (nSPS) is 10.6. The predicted octanol–water partition coefficient (Wildman–Crippen LogP) is -0.0255. The highest BCUT2D eigenvalue weighted by Crippen LogP contribution is 2.27. The van der Waals surface area contributed by atoms with Crippen molar-refractivity contribution in [2.45, 2.75) is 0 Å². The van der Waals surface area contributed by atoms with Gasteiger partial charge in [0.1, 0.15) is 13.4 Å². The third-order valence-corrected chi connectivity index (χ3v) is 3.42. The highest BCUT2D eigenvalue weighted by molar-refractivity contribution is 7.22. The zero-order valence-corrected chi connectivity index (χ0v) is 10.1. The minimum Gasteiger partial charge on any atom is -0.477 e. The molecule has 0 saturated heterocycles. The second-order valence-corrected chi connectivity index (χ2v) is 4.44. The van der Waals surface area contributed by atoms with E-state index in [1.54, 1.807) is 0 Å². The van der Waals surface area contributed by atoms with Crippen LogP contribution in [-0.4, -0.2) is 37.4 Å². The summed E-state index contributed by atoms with van der Waals surface area (Å²) in [5.74, 6) is -1.29. The van der Waals surface area contributed by atoms with Gasteiger partial charge in [0, 0.05) is 7.05 Å². The number of carbonyl (C=O) groups is 1. The first kappa shape index (κ1) is 11.7. The molecule has 0 aliphatic rings. The van der Waals surface area contributed by atoms with Crippen LogP contribution in [0.2, 0.25) is 0 Å². The fourth-order valence-electron chi connectivity index (χ4n) is 1.25. The van der Waals surface area contributed by atoms with Gasteiger partial charge in [0.15, 0.2) is 5.13 Å². The van der Waals surface area contributed by atoms with Crippen molar-refractivity contribution >= 4 is 40.7 Å². The maximum Gasteiger partial charge on any atom is 0.352 e. The van der Waals surface area contributed by atoms with Crippen LogP contribution in [0.25, 0.3) is 10.4 Å². The van der Waals surface area contributed by atoms with Crippen molar-refractivity contribution in [3.8, 4) is 0 Å². The molecule has 6 nitrogen and oxygen atoms in total. The minimum absolute atomic E-state index is 0.181. The van der Waals surface area contributed by atoms with Crippen molar-refractivity contribution in [1.29, 1.82) is 0 Å². The molecule has 0 atom stereocenters. The zero-order valence-electron chi connectivity index (χ0n) is 9.26. The number of nitrogens with zero attached hydrogens (tertiary/aromatic N) is 2. The molecule has 2 aromatic rings. The Labute approximate surface area is 101 Å². The molecule has 0 spiro atoms. The second kappa shape index (κ2) is 4.21. The standard InChI is InChI=1S/C9H9BN2O4S/c1-12(3-10)9-11-6-5(17-9)2-4(7(13)14)8(15)16-6/h2H,3,10H2,1H3,(H,13,14). The largest absolute Gasteiger partial charge is 0.477 e. The molecule has 0 aromatic carbocycles. The van der Waals surface area contributed by atoms with Gasteiger partial charge in [0.25, 0.3) is 0 Å². The van der Waals surface area contributed by atoms with Gasteiger partial charge in [-0.1, -0.05) is 11.3 Å². The Morgan fingerprint density at radius 2 is 2.41 bits per heavy atom. The van der Waals surface area contributed by atoms with E-state index in [1.165, 1.54) is 17.4 Å². The average molecular weight is 252 g/mol. The molecular weight excluding hydrogens is 243 g/mol. The van der Waals surface area contributed by atoms with Crippen LogP contribution in [0.5, 0.6) is 0 Å².